The number of aliphatic carboxylic acids is 1. The van der Waals surface area contributed by atoms with Crippen molar-refractivity contribution in [1.82, 2.24) is 9.80 Å². The van der Waals surface area contributed by atoms with E-state index < -0.39 is 5.97 Å². The summed E-state index contributed by atoms with van der Waals surface area (Å²) in [6, 6.07) is 0.000253. The molecule has 2 amide bonds. The fraction of sp³-hybridized carbons (Fsp3) is 0.857. The number of hydrogen-bond donors (Lipinski definition) is 1. The van der Waals surface area contributed by atoms with Gasteiger partial charge in [0.2, 0.25) is 0 Å². The van der Waals surface area contributed by atoms with E-state index in [2.05, 4.69) is 0 Å². The predicted molar refractivity (Wildman–Crippen MR) is 69.7 cm³/mol. The number of fused-ring (bicyclic) bond motifs is 2. The Kier molecular flexibility index (Phi) is 3.15. The lowest BCUT2D eigenvalue weighted by Crippen LogP contribution is -2.56. The summed E-state index contributed by atoms with van der Waals surface area (Å²) >= 11 is 0. The summed E-state index contributed by atoms with van der Waals surface area (Å²) < 4.78 is 0. The van der Waals surface area contributed by atoms with E-state index in [1.54, 1.807) is 9.80 Å². The number of urea groups is 1. The smallest absolute Gasteiger partial charge is 0.319 e. The fourth-order valence-corrected chi connectivity index (χ4v) is 4.06. The standard InChI is InChI=1S/C14H22N2O3/c1-15(6-11-5-9-2-3-10(11)4-9)14(19)16-7-12(8-16)13(17)18/h9-12H,2-8H2,1H3,(H,17,18). The predicted octanol–water partition coefficient (Wildman–Crippen LogP) is 1.49. The molecule has 2 bridgehead atoms. The third-order valence-corrected chi connectivity index (χ3v) is 5.22. The van der Waals surface area contributed by atoms with Gasteiger partial charge in [0.25, 0.3) is 0 Å². The third kappa shape index (κ3) is 2.30. The van der Waals surface area contributed by atoms with Gasteiger partial charge in [-0.2, -0.15) is 0 Å². The molecule has 2 saturated carbocycles. The van der Waals surface area contributed by atoms with Crippen molar-refractivity contribution in [3.05, 3.63) is 0 Å². The van der Waals surface area contributed by atoms with Crippen LogP contribution in [0, 0.1) is 23.7 Å². The minimum atomic E-state index is -0.792. The Balaban J connectivity index is 1.47. The SMILES string of the molecule is CN(CC1CC2CCC1C2)C(=O)N1CC(C(=O)O)C1. The third-order valence-electron chi connectivity index (χ3n) is 5.22. The second-order valence-electron chi connectivity index (χ2n) is 6.54. The minimum Gasteiger partial charge on any atom is -0.481 e. The van der Waals surface area contributed by atoms with Crippen LogP contribution in [0.5, 0.6) is 0 Å². The van der Waals surface area contributed by atoms with E-state index in [9.17, 15) is 9.59 Å². The molecule has 5 nitrogen and oxygen atoms in total. The summed E-state index contributed by atoms with van der Waals surface area (Å²) in [5.41, 5.74) is 0. The number of carboxylic acid groups (broad SMARTS) is 1. The summed E-state index contributed by atoms with van der Waals surface area (Å²) in [6.07, 6.45) is 5.35. The molecular formula is C14H22N2O3. The number of amides is 2. The van der Waals surface area contributed by atoms with E-state index in [4.69, 9.17) is 5.11 Å². The molecule has 3 fully saturated rings. The molecule has 5 heteroatoms. The fourth-order valence-electron chi connectivity index (χ4n) is 4.06. The molecule has 3 atom stereocenters. The van der Waals surface area contributed by atoms with Crippen molar-refractivity contribution < 1.29 is 14.7 Å². The Labute approximate surface area is 113 Å². The molecule has 3 aliphatic rings. The first-order valence-electron chi connectivity index (χ1n) is 7.27. The molecule has 1 heterocycles. The first-order valence-corrected chi connectivity index (χ1v) is 7.27. The van der Waals surface area contributed by atoms with Crippen molar-refractivity contribution >= 4 is 12.0 Å². The number of carbonyl (C=O) groups excluding carboxylic acids is 1. The zero-order chi connectivity index (χ0) is 13.6. The van der Waals surface area contributed by atoms with Crippen molar-refractivity contribution in [3.8, 4) is 0 Å². The minimum absolute atomic E-state index is 0.000253. The van der Waals surface area contributed by atoms with Crippen LogP contribution in [-0.2, 0) is 4.79 Å². The highest BCUT2D eigenvalue weighted by Crippen LogP contribution is 2.48. The van der Waals surface area contributed by atoms with Crippen molar-refractivity contribution in [3.63, 3.8) is 0 Å². The molecular weight excluding hydrogens is 244 g/mol. The molecule has 3 unspecified atom stereocenters. The summed E-state index contributed by atoms with van der Waals surface area (Å²) in [7, 11) is 1.85. The summed E-state index contributed by atoms with van der Waals surface area (Å²) in [6.45, 7) is 1.58. The molecule has 0 spiro atoms. The van der Waals surface area contributed by atoms with Gasteiger partial charge < -0.3 is 14.9 Å². The van der Waals surface area contributed by atoms with Crippen LogP contribution < -0.4 is 0 Å². The van der Waals surface area contributed by atoms with Gasteiger partial charge >= 0.3 is 12.0 Å². The monoisotopic (exact) mass is 266 g/mol. The molecule has 0 radical (unpaired) electrons. The topological polar surface area (TPSA) is 60.9 Å². The molecule has 2 aliphatic carbocycles. The maximum atomic E-state index is 12.1. The number of hydrogen-bond acceptors (Lipinski definition) is 2. The highest BCUT2D eigenvalue weighted by atomic mass is 16.4. The highest BCUT2D eigenvalue weighted by Gasteiger charge is 2.41. The Bertz CT molecular complexity index is 392. The van der Waals surface area contributed by atoms with Gasteiger partial charge in [0, 0.05) is 26.7 Å². The average Bonchev–Trinajstić information content (AvgIpc) is 2.87. The molecule has 0 aromatic rings. The van der Waals surface area contributed by atoms with Gasteiger partial charge in [0.15, 0.2) is 0 Å². The van der Waals surface area contributed by atoms with E-state index in [-0.39, 0.29) is 11.9 Å². The Morgan fingerprint density at radius 1 is 1.26 bits per heavy atom. The van der Waals surface area contributed by atoms with Gasteiger partial charge in [-0.3, -0.25) is 4.79 Å². The average molecular weight is 266 g/mol. The first-order chi connectivity index (χ1) is 9.04. The van der Waals surface area contributed by atoms with E-state index >= 15 is 0 Å². The molecule has 1 N–H and O–H groups in total. The summed E-state index contributed by atoms with van der Waals surface area (Å²) in [5, 5.41) is 8.82. The number of carboxylic acids is 1. The largest absolute Gasteiger partial charge is 0.481 e. The van der Waals surface area contributed by atoms with E-state index in [0.29, 0.717) is 19.0 Å². The number of carbonyl (C=O) groups is 2. The van der Waals surface area contributed by atoms with Crippen LogP contribution in [0.1, 0.15) is 25.7 Å². The number of likely N-dealkylation sites (tertiary alicyclic amines) is 1. The molecule has 1 aliphatic heterocycles. The van der Waals surface area contributed by atoms with E-state index in [0.717, 1.165) is 18.4 Å². The van der Waals surface area contributed by atoms with Crippen molar-refractivity contribution in [2.75, 3.05) is 26.7 Å². The van der Waals surface area contributed by atoms with Gasteiger partial charge in [0.05, 0.1) is 5.92 Å². The molecule has 1 saturated heterocycles. The molecule has 0 aromatic heterocycles. The van der Waals surface area contributed by atoms with Gasteiger partial charge in [-0.25, -0.2) is 4.79 Å². The van der Waals surface area contributed by atoms with E-state index in [1.165, 1.54) is 25.7 Å². The normalized spacial score (nSPS) is 33.3. The number of rotatable bonds is 3. The quantitative estimate of drug-likeness (QED) is 0.842. The van der Waals surface area contributed by atoms with Crippen LogP contribution >= 0.6 is 0 Å². The van der Waals surface area contributed by atoms with Crippen molar-refractivity contribution in [1.29, 1.82) is 0 Å². The van der Waals surface area contributed by atoms with Crippen molar-refractivity contribution in [2.45, 2.75) is 25.7 Å². The van der Waals surface area contributed by atoms with Crippen LogP contribution in [0.3, 0.4) is 0 Å². The van der Waals surface area contributed by atoms with Crippen LogP contribution in [0.15, 0.2) is 0 Å². The number of nitrogens with zero attached hydrogens (tertiary/aromatic N) is 2. The Morgan fingerprint density at radius 3 is 2.53 bits per heavy atom. The molecule has 3 rings (SSSR count). The van der Waals surface area contributed by atoms with Gasteiger partial charge in [-0.1, -0.05) is 6.42 Å². The van der Waals surface area contributed by atoms with Gasteiger partial charge in [-0.15, -0.1) is 0 Å². The molecule has 0 aromatic carbocycles. The second-order valence-corrected chi connectivity index (χ2v) is 6.54. The first kappa shape index (κ1) is 12.8. The van der Waals surface area contributed by atoms with Crippen LogP contribution in [-0.4, -0.2) is 53.6 Å². The molecule has 106 valence electrons. The van der Waals surface area contributed by atoms with Crippen LogP contribution in [0.2, 0.25) is 0 Å². The van der Waals surface area contributed by atoms with Crippen molar-refractivity contribution in [2.24, 2.45) is 23.7 Å². The molecule has 19 heavy (non-hydrogen) atoms. The zero-order valence-corrected chi connectivity index (χ0v) is 11.4. The van der Waals surface area contributed by atoms with E-state index in [1.807, 2.05) is 7.05 Å². The maximum absolute atomic E-state index is 12.1. The second kappa shape index (κ2) is 4.69. The summed E-state index contributed by atoms with van der Waals surface area (Å²) in [5.74, 6) is 1.24. The lowest BCUT2D eigenvalue weighted by molar-refractivity contribution is -0.146. The lowest BCUT2D eigenvalue weighted by atomic mass is 9.88. The van der Waals surface area contributed by atoms with Gasteiger partial charge in [-0.05, 0) is 37.0 Å². The lowest BCUT2D eigenvalue weighted by Gasteiger charge is -2.40. The maximum Gasteiger partial charge on any atom is 0.319 e. The summed E-state index contributed by atoms with van der Waals surface area (Å²) in [4.78, 5) is 26.3. The van der Waals surface area contributed by atoms with Crippen LogP contribution in [0.4, 0.5) is 4.79 Å². The van der Waals surface area contributed by atoms with Gasteiger partial charge in [0.1, 0.15) is 0 Å². The van der Waals surface area contributed by atoms with Crippen LogP contribution in [0.25, 0.3) is 0 Å². The highest BCUT2D eigenvalue weighted by molar-refractivity contribution is 5.79. The Morgan fingerprint density at radius 2 is 2.00 bits per heavy atom. The Hall–Kier alpha value is -1.26. The zero-order valence-electron chi connectivity index (χ0n) is 11.4.